The van der Waals surface area contributed by atoms with Crippen molar-refractivity contribution in [1.82, 2.24) is 0 Å². The molecule has 1 unspecified atom stereocenters. The first-order chi connectivity index (χ1) is 7.97. The first-order valence-corrected chi connectivity index (χ1v) is 8.53. The zero-order chi connectivity index (χ0) is 12.6. The largest absolute Gasteiger partial charge is 0.130 e. The predicted molar refractivity (Wildman–Crippen MR) is 86.6 cm³/mol. The van der Waals surface area contributed by atoms with Gasteiger partial charge < -0.3 is 0 Å². The lowest BCUT2D eigenvalue weighted by atomic mass is 10.1. The van der Waals surface area contributed by atoms with E-state index in [9.17, 15) is 0 Å². The van der Waals surface area contributed by atoms with Crippen molar-refractivity contribution in [3.05, 3.63) is 52.5 Å². The molecule has 90 valence electrons. The van der Waals surface area contributed by atoms with Gasteiger partial charge >= 0.3 is 0 Å². The number of rotatable bonds is 2. The van der Waals surface area contributed by atoms with Crippen LogP contribution in [0.5, 0.6) is 0 Å². The van der Waals surface area contributed by atoms with Crippen LogP contribution in [0, 0.1) is 0 Å². The van der Waals surface area contributed by atoms with Gasteiger partial charge in [-0.05, 0) is 45.8 Å². The molecule has 0 bridgehead atoms. The first kappa shape index (κ1) is 14.4. The van der Waals surface area contributed by atoms with Crippen LogP contribution in [-0.4, -0.2) is 0 Å². The van der Waals surface area contributed by atoms with E-state index in [4.69, 9.17) is 23.2 Å². The fourth-order valence-corrected chi connectivity index (χ4v) is 4.78. The lowest BCUT2D eigenvalue weighted by molar-refractivity contribution is 1.18. The number of halogens is 5. The second-order valence-electron chi connectivity index (χ2n) is 3.34. The number of benzene rings is 1. The van der Waals surface area contributed by atoms with Gasteiger partial charge in [-0.15, -0.1) is 22.9 Å². The predicted octanol–water partition coefficient (Wildman–Crippen LogP) is 7.02. The van der Waals surface area contributed by atoms with Crippen LogP contribution in [0.4, 0.5) is 0 Å². The summed E-state index contributed by atoms with van der Waals surface area (Å²) in [5, 5.41) is 0.502. The molecule has 0 nitrogen and oxygen atoms in total. The maximum atomic E-state index is 6.45. The number of thiophene rings is 1. The molecule has 0 aliphatic rings. The molecule has 0 spiro atoms. The van der Waals surface area contributed by atoms with Crippen LogP contribution >= 0.6 is 82.3 Å². The summed E-state index contributed by atoms with van der Waals surface area (Å²) in [6.07, 6.45) is 0. The molecular weight excluding hydrogens is 475 g/mol. The molecule has 17 heavy (non-hydrogen) atoms. The van der Waals surface area contributed by atoms with Crippen LogP contribution in [-0.2, 0) is 0 Å². The van der Waals surface area contributed by atoms with Crippen molar-refractivity contribution in [2.45, 2.75) is 5.38 Å². The van der Waals surface area contributed by atoms with Gasteiger partial charge in [0.25, 0.3) is 0 Å². The van der Waals surface area contributed by atoms with E-state index in [1.165, 1.54) is 0 Å². The average Bonchev–Trinajstić information content (AvgIpc) is 2.57. The molecule has 0 fully saturated rings. The number of hydrogen-bond donors (Lipinski definition) is 0. The average molecular weight is 480 g/mol. The molecule has 1 aromatic carbocycles. The SMILES string of the molecule is Clc1cc(C(Cl)c2cc(Br)cc(Br)c2)sc1Br. The standard InChI is InChI=1S/C11H5Br3Cl2S/c12-6-1-5(2-7(13)3-6)10(16)9-4-8(15)11(14)17-9/h1-4,10H. The van der Waals surface area contributed by atoms with Crippen LogP contribution < -0.4 is 0 Å². The van der Waals surface area contributed by atoms with E-state index < -0.39 is 0 Å². The third kappa shape index (κ3) is 3.48. The minimum Gasteiger partial charge on any atom is -0.130 e. The van der Waals surface area contributed by atoms with Crippen molar-refractivity contribution >= 4 is 82.3 Å². The summed E-state index contributed by atoms with van der Waals surface area (Å²) in [4.78, 5) is 1.02. The summed E-state index contributed by atoms with van der Waals surface area (Å²) in [6, 6.07) is 7.88. The highest BCUT2D eigenvalue weighted by Crippen LogP contribution is 2.41. The van der Waals surface area contributed by atoms with Gasteiger partial charge in [-0.3, -0.25) is 0 Å². The lowest BCUT2D eigenvalue weighted by Gasteiger charge is -2.08. The Balaban J connectivity index is 2.39. The quantitative estimate of drug-likeness (QED) is 0.406. The Morgan fingerprint density at radius 1 is 1.00 bits per heavy atom. The fraction of sp³-hybridized carbons (Fsp3) is 0.0909. The van der Waals surface area contributed by atoms with Crippen molar-refractivity contribution in [1.29, 1.82) is 0 Å². The van der Waals surface area contributed by atoms with Crippen molar-refractivity contribution < 1.29 is 0 Å². The summed E-state index contributed by atoms with van der Waals surface area (Å²) < 4.78 is 2.90. The molecule has 0 saturated carbocycles. The van der Waals surface area contributed by atoms with Crippen LogP contribution in [0.1, 0.15) is 15.8 Å². The Hall–Kier alpha value is 0.940. The van der Waals surface area contributed by atoms with E-state index in [0.29, 0.717) is 5.02 Å². The topological polar surface area (TPSA) is 0 Å². The van der Waals surface area contributed by atoms with E-state index in [2.05, 4.69) is 47.8 Å². The Morgan fingerprint density at radius 2 is 1.59 bits per heavy atom. The Labute approximate surface area is 139 Å². The molecule has 0 aliphatic carbocycles. The van der Waals surface area contributed by atoms with Crippen molar-refractivity contribution in [3.63, 3.8) is 0 Å². The van der Waals surface area contributed by atoms with Gasteiger partial charge in [0.1, 0.15) is 0 Å². The van der Waals surface area contributed by atoms with Crippen molar-refractivity contribution in [2.75, 3.05) is 0 Å². The molecule has 2 rings (SSSR count). The third-order valence-corrected chi connectivity index (χ3v) is 6.16. The van der Waals surface area contributed by atoms with E-state index in [1.54, 1.807) is 11.3 Å². The molecule has 0 amide bonds. The molecule has 0 radical (unpaired) electrons. The van der Waals surface area contributed by atoms with Crippen molar-refractivity contribution in [2.24, 2.45) is 0 Å². The second-order valence-corrected chi connectivity index (χ2v) is 8.41. The molecule has 0 aliphatic heterocycles. The van der Waals surface area contributed by atoms with E-state index in [-0.39, 0.29) is 5.38 Å². The fourth-order valence-electron chi connectivity index (χ4n) is 1.37. The Morgan fingerprint density at radius 3 is 2.06 bits per heavy atom. The van der Waals surface area contributed by atoms with E-state index in [0.717, 1.165) is 23.2 Å². The van der Waals surface area contributed by atoms with Gasteiger partial charge in [0.05, 0.1) is 14.2 Å². The smallest absolute Gasteiger partial charge is 0.0929 e. The van der Waals surface area contributed by atoms with E-state index in [1.807, 2.05) is 24.3 Å². The number of hydrogen-bond acceptors (Lipinski definition) is 1. The highest BCUT2D eigenvalue weighted by atomic mass is 79.9. The molecule has 1 heterocycles. The molecule has 2 aromatic rings. The maximum absolute atomic E-state index is 6.45. The van der Waals surface area contributed by atoms with Crippen LogP contribution in [0.25, 0.3) is 0 Å². The Kier molecular flexibility index (Phi) is 5.01. The highest BCUT2D eigenvalue weighted by molar-refractivity contribution is 9.11. The third-order valence-electron chi connectivity index (χ3n) is 2.09. The van der Waals surface area contributed by atoms with Gasteiger partial charge in [-0.25, -0.2) is 0 Å². The van der Waals surface area contributed by atoms with Gasteiger partial charge in [0.15, 0.2) is 0 Å². The summed E-state index contributed by atoms with van der Waals surface area (Å²) in [5.74, 6) is 0. The molecule has 0 saturated heterocycles. The van der Waals surface area contributed by atoms with Crippen LogP contribution in [0.2, 0.25) is 5.02 Å². The normalized spacial score (nSPS) is 12.8. The highest BCUT2D eigenvalue weighted by Gasteiger charge is 2.16. The second kappa shape index (κ2) is 5.93. The zero-order valence-corrected chi connectivity index (χ0v) is 15.3. The van der Waals surface area contributed by atoms with Crippen molar-refractivity contribution in [3.8, 4) is 0 Å². The Bertz CT molecular complexity index is 514. The minimum atomic E-state index is -0.197. The molecule has 1 atom stereocenters. The molecule has 0 N–H and O–H groups in total. The minimum absolute atomic E-state index is 0.197. The first-order valence-electron chi connectivity index (χ1n) is 4.52. The van der Waals surface area contributed by atoms with Crippen LogP contribution in [0.3, 0.4) is 0 Å². The van der Waals surface area contributed by atoms with Gasteiger partial charge in [0.2, 0.25) is 0 Å². The maximum Gasteiger partial charge on any atom is 0.0929 e. The lowest BCUT2D eigenvalue weighted by Crippen LogP contribution is -1.90. The summed E-state index contributed by atoms with van der Waals surface area (Å²) >= 11 is 24.3. The van der Waals surface area contributed by atoms with E-state index >= 15 is 0 Å². The van der Waals surface area contributed by atoms with Crippen LogP contribution in [0.15, 0.2) is 37.0 Å². The molecule has 1 aromatic heterocycles. The summed E-state index contributed by atoms with van der Waals surface area (Å²) in [5.41, 5.74) is 1.03. The van der Waals surface area contributed by atoms with Gasteiger partial charge in [-0.1, -0.05) is 43.5 Å². The van der Waals surface area contributed by atoms with Gasteiger partial charge in [-0.2, -0.15) is 0 Å². The summed E-state index contributed by atoms with van der Waals surface area (Å²) in [6.45, 7) is 0. The molecule has 6 heteroatoms. The zero-order valence-electron chi connectivity index (χ0n) is 8.18. The molecular formula is C11H5Br3Cl2S. The van der Waals surface area contributed by atoms with Gasteiger partial charge in [0, 0.05) is 13.8 Å². The monoisotopic (exact) mass is 476 g/mol. The number of alkyl halides is 1. The summed E-state index contributed by atoms with van der Waals surface area (Å²) in [7, 11) is 0.